The van der Waals surface area contributed by atoms with Crippen molar-refractivity contribution in [3.8, 4) is 0 Å². The first-order valence-corrected chi connectivity index (χ1v) is 8.64. The van der Waals surface area contributed by atoms with Crippen LogP contribution in [0.4, 0.5) is 0 Å². The Morgan fingerprint density at radius 2 is 1.59 bits per heavy atom. The molecule has 0 spiro atoms. The normalized spacial score (nSPS) is 20.0. The summed E-state index contributed by atoms with van der Waals surface area (Å²) in [6, 6.07) is 5.50. The molecule has 1 aromatic rings. The number of nitrogens with zero attached hydrogens (tertiary/aromatic N) is 1. The second kappa shape index (κ2) is 7.81. The Kier molecular flexibility index (Phi) is 6.31. The minimum absolute atomic E-state index is 0. The van der Waals surface area contributed by atoms with E-state index in [-0.39, 0.29) is 12.4 Å². The van der Waals surface area contributed by atoms with Gasteiger partial charge < -0.3 is 5.32 Å². The molecule has 2 fully saturated rings. The third-order valence-electron chi connectivity index (χ3n) is 5.33. The minimum Gasteiger partial charge on any atom is -0.314 e. The van der Waals surface area contributed by atoms with Crippen molar-refractivity contribution >= 4 is 12.4 Å². The van der Waals surface area contributed by atoms with Crippen molar-refractivity contribution < 1.29 is 0 Å². The third kappa shape index (κ3) is 4.71. The summed E-state index contributed by atoms with van der Waals surface area (Å²) < 4.78 is 0. The quantitative estimate of drug-likeness (QED) is 0.881. The first-order valence-electron chi connectivity index (χ1n) is 8.64. The van der Waals surface area contributed by atoms with Crippen molar-refractivity contribution in [1.29, 1.82) is 0 Å². The number of benzene rings is 1. The molecule has 0 amide bonds. The Hall–Kier alpha value is -0.570. The highest BCUT2D eigenvalue weighted by atomic mass is 35.5. The van der Waals surface area contributed by atoms with Gasteiger partial charge in [0.05, 0.1) is 0 Å². The predicted molar refractivity (Wildman–Crippen MR) is 96.9 cm³/mol. The monoisotopic (exact) mass is 322 g/mol. The van der Waals surface area contributed by atoms with Gasteiger partial charge >= 0.3 is 0 Å². The van der Waals surface area contributed by atoms with Crippen LogP contribution in [0, 0.1) is 26.7 Å². The molecule has 0 bridgehead atoms. The lowest BCUT2D eigenvalue weighted by molar-refractivity contribution is 0.190. The Labute approximate surface area is 142 Å². The van der Waals surface area contributed by atoms with Crippen molar-refractivity contribution in [2.24, 2.45) is 5.92 Å². The van der Waals surface area contributed by atoms with Crippen LogP contribution in [-0.2, 0) is 6.54 Å². The van der Waals surface area contributed by atoms with Gasteiger partial charge in [-0.25, -0.2) is 0 Å². The van der Waals surface area contributed by atoms with Crippen LogP contribution in [0.3, 0.4) is 0 Å². The van der Waals surface area contributed by atoms with Gasteiger partial charge in [0.1, 0.15) is 0 Å². The molecule has 124 valence electrons. The Morgan fingerprint density at radius 3 is 2.23 bits per heavy atom. The van der Waals surface area contributed by atoms with Gasteiger partial charge in [-0.15, -0.1) is 12.4 Å². The van der Waals surface area contributed by atoms with Crippen LogP contribution in [-0.4, -0.2) is 30.6 Å². The van der Waals surface area contributed by atoms with Crippen LogP contribution >= 0.6 is 12.4 Å². The molecule has 3 rings (SSSR count). The minimum atomic E-state index is 0. The fraction of sp³-hybridized carbons (Fsp3) is 0.684. The van der Waals surface area contributed by atoms with Crippen LogP contribution in [0.25, 0.3) is 0 Å². The first-order chi connectivity index (χ1) is 10.1. The molecule has 0 atom stereocenters. The van der Waals surface area contributed by atoms with E-state index in [1.54, 1.807) is 0 Å². The second-order valence-electron chi connectivity index (χ2n) is 7.26. The number of halogens is 1. The Morgan fingerprint density at radius 1 is 0.955 bits per heavy atom. The van der Waals surface area contributed by atoms with Gasteiger partial charge in [0.15, 0.2) is 0 Å². The van der Waals surface area contributed by atoms with Gasteiger partial charge in [0.2, 0.25) is 0 Å². The van der Waals surface area contributed by atoms with Crippen LogP contribution in [0.5, 0.6) is 0 Å². The number of rotatable bonds is 5. The van der Waals surface area contributed by atoms with Gasteiger partial charge in [-0.1, -0.05) is 12.1 Å². The van der Waals surface area contributed by atoms with E-state index in [2.05, 4.69) is 43.1 Å². The van der Waals surface area contributed by atoms with Crippen LogP contribution in [0.2, 0.25) is 0 Å². The largest absolute Gasteiger partial charge is 0.314 e. The molecule has 2 nitrogen and oxygen atoms in total. The van der Waals surface area contributed by atoms with E-state index < -0.39 is 0 Å². The number of likely N-dealkylation sites (tertiary alicyclic amines) is 1. The van der Waals surface area contributed by atoms with Crippen LogP contribution in [0.1, 0.15) is 47.9 Å². The molecule has 1 saturated carbocycles. The molecule has 22 heavy (non-hydrogen) atoms. The molecule has 1 aliphatic heterocycles. The summed E-state index contributed by atoms with van der Waals surface area (Å²) in [6.07, 6.45) is 5.54. The van der Waals surface area contributed by atoms with Crippen molar-refractivity contribution in [1.82, 2.24) is 10.2 Å². The molecule has 1 heterocycles. The maximum absolute atomic E-state index is 3.77. The summed E-state index contributed by atoms with van der Waals surface area (Å²) >= 11 is 0. The topological polar surface area (TPSA) is 15.3 Å². The highest BCUT2D eigenvalue weighted by Crippen LogP contribution is 2.28. The van der Waals surface area contributed by atoms with E-state index in [4.69, 9.17) is 0 Å². The summed E-state index contributed by atoms with van der Waals surface area (Å²) in [7, 11) is 0. The van der Waals surface area contributed by atoms with Gasteiger partial charge in [-0.2, -0.15) is 0 Å². The Balaban J connectivity index is 0.00000176. The van der Waals surface area contributed by atoms with Crippen LogP contribution in [0.15, 0.2) is 12.1 Å². The van der Waals surface area contributed by atoms with E-state index in [9.17, 15) is 0 Å². The third-order valence-corrected chi connectivity index (χ3v) is 5.33. The molecular formula is C19H31ClN2. The lowest BCUT2D eigenvalue weighted by atomic mass is 9.99. The van der Waals surface area contributed by atoms with E-state index in [1.807, 2.05) is 0 Å². The summed E-state index contributed by atoms with van der Waals surface area (Å²) in [5.41, 5.74) is 5.81. The molecule has 1 saturated heterocycles. The summed E-state index contributed by atoms with van der Waals surface area (Å²) in [5.74, 6) is 1.00. The fourth-order valence-corrected chi connectivity index (χ4v) is 3.38. The SMILES string of the molecule is Cc1cc(C)c(CN2CCC(NCC3CC3)CC2)cc1C.Cl. The summed E-state index contributed by atoms with van der Waals surface area (Å²) in [4.78, 5) is 2.63. The molecule has 2 aliphatic rings. The second-order valence-corrected chi connectivity index (χ2v) is 7.26. The zero-order valence-electron chi connectivity index (χ0n) is 14.3. The van der Waals surface area contributed by atoms with Crippen molar-refractivity contribution in [2.75, 3.05) is 19.6 Å². The van der Waals surface area contributed by atoms with Gasteiger partial charge in [0.25, 0.3) is 0 Å². The highest BCUT2D eigenvalue weighted by molar-refractivity contribution is 5.85. The molecular weight excluding hydrogens is 292 g/mol. The van der Waals surface area contributed by atoms with Gasteiger partial charge in [-0.3, -0.25) is 4.90 Å². The Bertz CT molecular complexity index is 488. The number of hydrogen-bond donors (Lipinski definition) is 1. The molecule has 0 unspecified atom stereocenters. The van der Waals surface area contributed by atoms with Crippen molar-refractivity contribution in [3.63, 3.8) is 0 Å². The zero-order valence-corrected chi connectivity index (χ0v) is 15.1. The lowest BCUT2D eigenvalue weighted by Gasteiger charge is -2.33. The van der Waals surface area contributed by atoms with E-state index in [1.165, 1.54) is 67.6 Å². The number of piperidine rings is 1. The number of nitrogens with one attached hydrogen (secondary N) is 1. The maximum Gasteiger partial charge on any atom is 0.0236 e. The standard InChI is InChI=1S/C19H30N2.ClH/c1-14-10-16(3)18(11-15(14)2)13-21-8-6-19(7-9-21)20-12-17-4-5-17;/h10-11,17,19-20H,4-9,12-13H2,1-3H3;1H. The predicted octanol–water partition coefficient (Wildman–Crippen LogP) is 4.00. The maximum atomic E-state index is 3.77. The molecule has 1 N–H and O–H groups in total. The van der Waals surface area contributed by atoms with Crippen molar-refractivity contribution in [2.45, 2.75) is 59.0 Å². The number of hydrogen-bond acceptors (Lipinski definition) is 2. The smallest absolute Gasteiger partial charge is 0.0236 e. The van der Waals surface area contributed by atoms with Crippen molar-refractivity contribution in [3.05, 3.63) is 34.4 Å². The fourth-order valence-electron chi connectivity index (χ4n) is 3.38. The molecule has 1 aliphatic carbocycles. The highest BCUT2D eigenvalue weighted by Gasteiger charge is 2.24. The van der Waals surface area contributed by atoms with Gasteiger partial charge in [0, 0.05) is 12.6 Å². The van der Waals surface area contributed by atoms with E-state index >= 15 is 0 Å². The number of aryl methyl sites for hydroxylation is 3. The summed E-state index contributed by atoms with van der Waals surface area (Å²) in [6.45, 7) is 11.6. The van der Waals surface area contributed by atoms with E-state index in [0.717, 1.165) is 18.5 Å². The zero-order chi connectivity index (χ0) is 14.8. The first kappa shape index (κ1) is 17.8. The van der Waals surface area contributed by atoms with Gasteiger partial charge in [-0.05, 0) is 94.3 Å². The average Bonchev–Trinajstić information content (AvgIpc) is 3.28. The molecule has 0 aromatic heterocycles. The van der Waals surface area contributed by atoms with Crippen LogP contribution < -0.4 is 5.32 Å². The summed E-state index contributed by atoms with van der Waals surface area (Å²) in [5, 5.41) is 3.77. The van der Waals surface area contributed by atoms with E-state index in [0.29, 0.717) is 0 Å². The molecule has 3 heteroatoms. The lowest BCUT2D eigenvalue weighted by Crippen LogP contribution is -2.42. The average molecular weight is 323 g/mol. The molecule has 1 aromatic carbocycles. The molecule has 0 radical (unpaired) electrons.